The molecule has 0 amide bonds. The lowest BCUT2D eigenvalue weighted by Crippen LogP contribution is -2.44. The van der Waals surface area contributed by atoms with E-state index in [4.69, 9.17) is 9.26 Å². The molecule has 1 aliphatic heterocycles. The van der Waals surface area contributed by atoms with Crippen molar-refractivity contribution in [2.24, 2.45) is 0 Å². The fraction of sp³-hybridized carbons (Fsp3) is 0.538. The van der Waals surface area contributed by atoms with Crippen LogP contribution in [0.5, 0.6) is 0 Å². The number of thiophene rings is 1. The highest BCUT2D eigenvalue weighted by Crippen LogP contribution is 2.22. The number of hydrogen-bond donors (Lipinski definition) is 0. The lowest BCUT2D eigenvalue weighted by molar-refractivity contribution is -0.0725. The van der Waals surface area contributed by atoms with Crippen molar-refractivity contribution in [1.82, 2.24) is 15.0 Å². The molecule has 0 aromatic carbocycles. The van der Waals surface area contributed by atoms with Crippen LogP contribution in [-0.2, 0) is 11.3 Å². The molecule has 0 radical (unpaired) electrons. The van der Waals surface area contributed by atoms with Crippen molar-refractivity contribution in [2.45, 2.75) is 32.6 Å². The van der Waals surface area contributed by atoms with Crippen LogP contribution in [0.15, 0.2) is 22.0 Å². The highest BCUT2D eigenvalue weighted by Gasteiger charge is 2.23. The molecule has 102 valence electrons. The van der Waals surface area contributed by atoms with Gasteiger partial charge in [-0.3, -0.25) is 4.90 Å². The van der Waals surface area contributed by atoms with Crippen molar-refractivity contribution in [3.05, 3.63) is 23.4 Å². The summed E-state index contributed by atoms with van der Waals surface area (Å²) in [4.78, 5) is 7.78. The predicted octanol–water partition coefficient (Wildman–Crippen LogP) is 2.41. The third-order valence-electron chi connectivity index (χ3n) is 3.06. The van der Waals surface area contributed by atoms with Crippen LogP contribution in [-0.4, -0.2) is 40.3 Å². The molecule has 0 spiro atoms. The number of hydrogen-bond acceptors (Lipinski definition) is 6. The summed E-state index contributed by atoms with van der Waals surface area (Å²) >= 11 is 1.62. The normalized spacial score (nSPS) is 24.7. The second kappa shape index (κ2) is 5.40. The van der Waals surface area contributed by atoms with Crippen LogP contribution in [0.4, 0.5) is 0 Å². The van der Waals surface area contributed by atoms with E-state index >= 15 is 0 Å². The molecular weight excluding hydrogens is 262 g/mol. The summed E-state index contributed by atoms with van der Waals surface area (Å²) in [7, 11) is 0. The van der Waals surface area contributed by atoms with Gasteiger partial charge < -0.3 is 9.26 Å². The standard InChI is InChI=1S/C13H17N3O2S/c1-9-6-16(7-10(2)17-9)8-12-14-13(15-18-12)11-4-3-5-19-11/h3-5,9-10H,6-8H2,1-2H3/t9-,10+. The van der Waals surface area contributed by atoms with Gasteiger partial charge in [-0.2, -0.15) is 4.98 Å². The van der Waals surface area contributed by atoms with E-state index in [-0.39, 0.29) is 12.2 Å². The second-order valence-electron chi connectivity index (χ2n) is 4.94. The highest BCUT2D eigenvalue weighted by atomic mass is 32.1. The average molecular weight is 279 g/mol. The molecule has 6 heteroatoms. The maximum atomic E-state index is 5.71. The third kappa shape index (κ3) is 3.02. The number of nitrogens with zero attached hydrogens (tertiary/aromatic N) is 3. The second-order valence-corrected chi connectivity index (χ2v) is 5.89. The molecule has 0 aliphatic carbocycles. The van der Waals surface area contributed by atoms with Crippen molar-refractivity contribution in [3.63, 3.8) is 0 Å². The first-order chi connectivity index (χ1) is 9.20. The van der Waals surface area contributed by atoms with E-state index in [1.54, 1.807) is 11.3 Å². The van der Waals surface area contributed by atoms with Crippen LogP contribution in [0.25, 0.3) is 10.7 Å². The van der Waals surface area contributed by atoms with Crippen LogP contribution >= 0.6 is 11.3 Å². The molecule has 1 aliphatic rings. The Labute approximate surface area is 116 Å². The molecule has 1 fully saturated rings. The van der Waals surface area contributed by atoms with Crippen molar-refractivity contribution in [1.29, 1.82) is 0 Å². The lowest BCUT2D eigenvalue weighted by Gasteiger charge is -2.34. The minimum Gasteiger partial charge on any atom is -0.373 e. The maximum absolute atomic E-state index is 5.71. The maximum Gasteiger partial charge on any atom is 0.241 e. The fourth-order valence-corrected chi connectivity index (χ4v) is 3.08. The number of ether oxygens (including phenoxy) is 1. The van der Waals surface area contributed by atoms with Gasteiger partial charge in [0.05, 0.1) is 23.6 Å². The minimum absolute atomic E-state index is 0.253. The molecule has 3 heterocycles. The minimum atomic E-state index is 0.253. The number of rotatable bonds is 3. The van der Waals surface area contributed by atoms with Gasteiger partial charge >= 0.3 is 0 Å². The van der Waals surface area contributed by atoms with Gasteiger partial charge in [0.25, 0.3) is 0 Å². The molecule has 2 aromatic heterocycles. The molecule has 0 N–H and O–H groups in total. The molecule has 0 unspecified atom stereocenters. The first-order valence-corrected chi connectivity index (χ1v) is 7.33. The number of aromatic nitrogens is 2. The Morgan fingerprint density at radius 1 is 1.37 bits per heavy atom. The van der Waals surface area contributed by atoms with Gasteiger partial charge in [-0.05, 0) is 25.3 Å². The van der Waals surface area contributed by atoms with E-state index in [0.29, 0.717) is 18.3 Å². The molecule has 2 aromatic rings. The van der Waals surface area contributed by atoms with Gasteiger partial charge in [0.1, 0.15) is 0 Å². The first kappa shape index (κ1) is 12.8. The Kier molecular flexibility index (Phi) is 3.63. The van der Waals surface area contributed by atoms with Gasteiger partial charge in [-0.25, -0.2) is 0 Å². The SMILES string of the molecule is C[C@@H]1CN(Cc2nc(-c3cccs3)no2)C[C@H](C)O1. The summed E-state index contributed by atoms with van der Waals surface area (Å²) in [5, 5.41) is 6.04. The first-order valence-electron chi connectivity index (χ1n) is 6.45. The lowest BCUT2D eigenvalue weighted by atomic mass is 10.2. The van der Waals surface area contributed by atoms with Crippen LogP contribution in [0.2, 0.25) is 0 Å². The molecule has 3 rings (SSSR count). The van der Waals surface area contributed by atoms with Crippen molar-refractivity contribution >= 4 is 11.3 Å². The summed E-state index contributed by atoms with van der Waals surface area (Å²) < 4.78 is 11.0. The molecule has 0 saturated carbocycles. The van der Waals surface area contributed by atoms with Crippen LogP contribution < -0.4 is 0 Å². The summed E-state index contributed by atoms with van der Waals surface area (Å²) in [5.41, 5.74) is 0. The molecule has 0 bridgehead atoms. The number of morpholine rings is 1. The Morgan fingerprint density at radius 2 is 2.16 bits per heavy atom. The average Bonchev–Trinajstić information content (AvgIpc) is 2.96. The Morgan fingerprint density at radius 3 is 2.84 bits per heavy atom. The third-order valence-corrected chi connectivity index (χ3v) is 3.93. The van der Waals surface area contributed by atoms with Gasteiger partial charge in [-0.15, -0.1) is 11.3 Å². The smallest absolute Gasteiger partial charge is 0.241 e. The molecule has 2 atom stereocenters. The molecule has 1 saturated heterocycles. The Balaban J connectivity index is 1.67. The molecular formula is C13H17N3O2S. The van der Waals surface area contributed by atoms with E-state index in [9.17, 15) is 0 Å². The van der Waals surface area contributed by atoms with Gasteiger partial charge in [0.15, 0.2) is 0 Å². The largest absolute Gasteiger partial charge is 0.373 e. The summed E-state index contributed by atoms with van der Waals surface area (Å²) in [6, 6.07) is 3.99. The molecule has 5 nitrogen and oxygen atoms in total. The zero-order chi connectivity index (χ0) is 13.2. The van der Waals surface area contributed by atoms with E-state index in [2.05, 4.69) is 28.9 Å². The zero-order valence-electron chi connectivity index (χ0n) is 11.1. The van der Waals surface area contributed by atoms with Crippen molar-refractivity contribution < 1.29 is 9.26 Å². The van der Waals surface area contributed by atoms with Gasteiger partial charge in [0, 0.05) is 13.1 Å². The topological polar surface area (TPSA) is 51.4 Å². The zero-order valence-corrected chi connectivity index (χ0v) is 11.9. The Hall–Kier alpha value is -1.24. The summed E-state index contributed by atoms with van der Waals surface area (Å²) in [5.74, 6) is 1.35. The van der Waals surface area contributed by atoms with Crippen molar-refractivity contribution in [2.75, 3.05) is 13.1 Å². The predicted molar refractivity (Wildman–Crippen MR) is 72.9 cm³/mol. The van der Waals surface area contributed by atoms with Crippen molar-refractivity contribution in [3.8, 4) is 10.7 Å². The quantitative estimate of drug-likeness (QED) is 0.863. The monoisotopic (exact) mass is 279 g/mol. The van der Waals surface area contributed by atoms with Gasteiger partial charge in [-0.1, -0.05) is 11.2 Å². The summed E-state index contributed by atoms with van der Waals surface area (Å²) in [6.07, 6.45) is 0.506. The van der Waals surface area contributed by atoms with Crippen LogP contribution in [0.3, 0.4) is 0 Å². The van der Waals surface area contributed by atoms with E-state index in [1.807, 2.05) is 17.5 Å². The fourth-order valence-electron chi connectivity index (χ4n) is 2.43. The van der Waals surface area contributed by atoms with Crippen LogP contribution in [0, 0.1) is 0 Å². The highest BCUT2D eigenvalue weighted by molar-refractivity contribution is 7.13. The van der Waals surface area contributed by atoms with Crippen LogP contribution in [0.1, 0.15) is 19.7 Å². The Bertz CT molecular complexity index is 516. The van der Waals surface area contributed by atoms with Gasteiger partial charge in [0.2, 0.25) is 11.7 Å². The van der Waals surface area contributed by atoms with E-state index in [1.165, 1.54) is 0 Å². The van der Waals surface area contributed by atoms with E-state index < -0.39 is 0 Å². The molecule has 19 heavy (non-hydrogen) atoms. The summed E-state index contributed by atoms with van der Waals surface area (Å²) in [6.45, 7) is 6.68. The van der Waals surface area contributed by atoms with E-state index in [0.717, 1.165) is 18.0 Å².